The summed E-state index contributed by atoms with van der Waals surface area (Å²) in [5.74, 6) is -0.816. The Bertz CT molecular complexity index is 894. The van der Waals surface area contributed by atoms with E-state index in [1.54, 1.807) is 0 Å². The van der Waals surface area contributed by atoms with Gasteiger partial charge in [0.1, 0.15) is 16.7 Å². The first-order valence-corrected chi connectivity index (χ1v) is 5.71. The topological polar surface area (TPSA) is 100 Å². The van der Waals surface area contributed by atoms with Crippen molar-refractivity contribution in [3.8, 4) is 23.0 Å². The van der Waals surface area contributed by atoms with E-state index in [9.17, 15) is 20.1 Å². The van der Waals surface area contributed by atoms with E-state index in [1.807, 2.05) is 0 Å². The first-order chi connectivity index (χ1) is 9.52. The predicted octanol–water partition coefficient (Wildman–Crippen LogP) is 2.07. The molecule has 0 unspecified atom stereocenters. The van der Waals surface area contributed by atoms with Crippen LogP contribution in [-0.2, 0) is 0 Å². The Hall–Kier alpha value is -2.89. The second-order valence-corrected chi connectivity index (χ2v) is 4.26. The van der Waals surface area contributed by atoms with Crippen molar-refractivity contribution in [1.82, 2.24) is 0 Å². The average Bonchev–Trinajstić information content (AvgIpc) is 2.41. The van der Waals surface area contributed by atoms with Gasteiger partial charge in [0.25, 0.3) is 0 Å². The van der Waals surface area contributed by atoms with Crippen molar-refractivity contribution in [3.63, 3.8) is 0 Å². The highest BCUT2D eigenvalue weighted by molar-refractivity contribution is 5.96. The molecule has 3 aromatic rings. The van der Waals surface area contributed by atoms with Gasteiger partial charge in [-0.1, -0.05) is 0 Å². The lowest BCUT2D eigenvalue weighted by Crippen LogP contribution is -2.04. The van der Waals surface area contributed by atoms with Gasteiger partial charge in [0.2, 0.25) is 5.43 Å². The van der Waals surface area contributed by atoms with Gasteiger partial charge in [0.15, 0.2) is 22.8 Å². The molecule has 0 spiro atoms. The number of hydrogen-bond donors (Lipinski definition) is 3. The fraction of sp³-hybridized carbons (Fsp3) is 0.0714. The van der Waals surface area contributed by atoms with E-state index < -0.39 is 5.43 Å². The molecule has 0 saturated heterocycles. The molecule has 0 radical (unpaired) electrons. The molecule has 0 amide bonds. The number of phenols is 3. The van der Waals surface area contributed by atoms with Crippen molar-refractivity contribution in [2.24, 2.45) is 0 Å². The number of benzene rings is 2. The second-order valence-electron chi connectivity index (χ2n) is 4.26. The van der Waals surface area contributed by atoms with Gasteiger partial charge in [-0.2, -0.15) is 0 Å². The number of phenolic OH excluding ortho intramolecular Hbond substituents is 3. The van der Waals surface area contributed by atoms with Crippen LogP contribution in [0.25, 0.3) is 21.9 Å². The summed E-state index contributed by atoms with van der Waals surface area (Å²) < 4.78 is 10.5. The first-order valence-electron chi connectivity index (χ1n) is 5.71. The van der Waals surface area contributed by atoms with Crippen molar-refractivity contribution in [2.45, 2.75) is 0 Å². The Labute approximate surface area is 112 Å². The molecule has 3 N–H and O–H groups in total. The van der Waals surface area contributed by atoms with Crippen molar-refractivity contribution < 1.29 is 24.5 Å². The summed E-state index contributed by atoms with van der Waals surface area (Å²) in [5, 5.41) is 29.0. The van der Waals surface area contributed by atoms with E-state index in [1.165, 1.54) is 25.3 Å². The SMILES string of the molecule is COc1c(O)ccc2oc3c(O)cc(O)cc3c(=O)c12. The lowest BCUT2D eigenvalue weighted by atomic mass is 10.1. The van der Waals surface area contributed by atoms with Crippen LogP contribution in [0.3, 0.4) is 0 Å². The second kappa shape index (κ2) is 4.06. The van der Waals surface area contributed by atoms with E-state index >= 15 is 0 Å². The monoisotopic (exact) mass is 274 g/mol. The van der Waals surface area contributed by atoms with E-state index in [0.29, 0.717) is 0 Å². The zero-order valence-electron chi connectivity index (χ0n) is 10.4. The van der Waals surface area contributed by atoms with Crippen LogP contribution < -0.4 is 10.2 Å². The molecule has 6 nitrogen and oxygen atoms in total. The zero-order valence-corrected chi connectivity index (χ0v) is 10.4. The Morgan fingerprint density at radius 1 is 1.10 bits per heavy atom. The molecular formula is C14H10O6. The summed E-state index contributed by atoms with van der Waals surface area (Å²) >= 11 is 0. The molecule has 0 aliphatic heterocycles. The van der Waals surface area contributed by atoms with E-state index in [4.69, 9.17) is 9.15 Å². The molecule has 0 bridgehead atoms. The highest BCUT2D eigenvalue weighted by atomic mass is 16.5. The summed E-state index contributed by atoms with van der Waals surface area (Å²) in [7, 11) is 1.32. The van der Waals surface area contributed by atoms with Crippen LogP contribution in [-0.4, -0.2) is 22.4 Å². The van der Waals surface area contributed by atoms with Crippen LogP contribution in [0.15, 0.2) is 33.5 Å². The normalized spacial score (nSPS) is 11.1. The molecular weight excluding hydrogens is 264 g/mol. The maximum Gasteiger partial charge on any atom is 0.204 e. The third-order valence-electron chi connectivity index (χ3n) is 3.04. The molecule has 2 aromatic carbocycles. The standard InChI is InChI=1S/C14H10O6/c1-19-14-8(16)2-3-10-11(14)12(18)7-4-6(15)5-9(17)13(7)20-10/h2-5,15-17H,1H3. The van der Waals surface area contributed by atoms with Crippen LogP contribution in [0.5, 0.6) is 23.0 Å². The fourth-order valence-electron chi connectivity index (χ4n) is 2.18. The third-order valence-corrected chi connectivity index (χ3v) is 3.04. The molecule has 1 aromatic heterocycles. The summed E-state index contributed by atoms with van der Waals surface area (Å²) in [6.07, 6.45) is 0. The van der Waals surface area contributed by atoms with Crippen LogP contribution >= 0.6 is 0 Å². The number of methoxy groups -OCH3 is 1. The number of fused-ring (bicyclic) bond motifs is 2. The van der Waals surface area contributed by atoms with E-state index in [2.05, 4.69) is 0 Å². The highest BCUT2D eigenvalue weighted by Crippen LogP contribution is 2.36. The Kier molecular flexibility index (Phi) is 2.47. The van der Waals surface area contributed by atoms with Crippen molar-refractivity contribution in [3.05, 3.63) is 34.5 Å². The van der Waals surface area contributed by atoms with Gasteiger partial charge in [-0.15, -0.1) is 0 Å². The van der Waals surface area contributed by atoms with Gasteiger partial charge < -0.3 is 24.5 Å². The lowest BCUT2D eigenvalue weighted by Gasteiger charge is -2.08. The third kappa shape index (κ3) is 1.55. The average molecular weight is 274 g/mol. The molecule has 102 valence electrons. The fourth-order valence-corrected chi connectivity index (χ4v) is 2.18. The molecule has 3 rings (SSSR count). The van der Waals surface area contributed by atoms with Crippen LogP contribution in [0, 0.1) is 0 Å². The largest absolute Gasteiger partial charge is 0.508 e. The molecule has 20 heavy (non-hydrogen) atoms. The Morgan fingerprint density at radius 3 is 2.55 bits per heavy atom. The molecule has 0 fully saturated rings. The summed E-state index contributed by atoms with van der Waals surface area (Å²) in [6, 6.07) is 4.99. The Morgan fingerprint density at radius 2 is 1.85 bits per heavy atom. The summed E-state index contributed by atoms with van der Waals surface area (Å²) in [5.41, 5.74) is -0.383. The Balaban J connectivity index is 2.62. The molecule has 1 heterocycles. The summed E-state index contributed by atoms with van der Waals surface area (Å²) in [6.45, 7) is 0. The van der Waals surface area contributed by atoms with Gasteiger partial charge in [0.05, 0.1) is 12.5 Å². The zero-order chi connectivity index (χ0) is 14.4. The molecule has 6 heteroatoms. The van der Waals surface area contributed by atoms with Gasteiger partial charge in [-0.25, -0.2) is 0 Å². The van der Waals surface area contributed by atoms with Gasteiger partial charge in [-0.3, -0.25) is 4.79 Å². The van der Waals surface area contributed by atoms with Crippen LogP contribution in [0.2, 0.25) is 0 Å². The minimum absolute atomic E-state index is 0.00102. The minimum Gasteiger partial charge on any atom is -0.508 e. The van der Waals surface area contributed by atoms with Crippen LogP contribution in [0.1, 0.15) is 0 Å². The van der Waals surface area contributed by atoms with Crippen molar-refractivity contribution in [2.75, 3.05) is 7.11 Å². The summed E-state index contributed by atoms with van der Waals surface area (Å²) in [4.78, 5) is 12.5. The maximum atomic E-state index is 12.5. The lowest BCUT2D eigenvalue weighted by molar-refractivity contribution is 0.377. The number of hydrogen-bond acceptors (Lipinski definition) is 6. The van der Waals surface area contributed by atoms with E-state index in [-0.39, 0.29) is 44.9 Å². The number of rotatable bonds is 1. The minimum atomic E-state index is -0.514. The molecule has 0 saturated carbocycles. The smallest absolute Gasteiger partial charge is 0.204 e. The van der Waals surface area contributed by atoms with Crippen molar-refractivity contribution >= 4 is 21.9 Å². The molecule has 0 aliphatic rings. The van der Waals surface area contributed by atoms with Crippen molar-refractivity contribution in [1.29, 1.82) is 0 Å². The van der Waals surface area contributed by atoms with Crippen LogP contribution in [0.4, 0.5) is 0 Å². The number of ether oxygens (including phenoxy) is 1. The van der Waals surface area contributed by atoms with Gasteiger partial charge >= 0.3 is 0 Å². The number of aromatic hydroxyl groups is 3. The highest BCUT2D eigenvalue weighted by Gasteiger charge is 2.17. The van der Waals surface area contributed by atoms with E-state index in [0.717, 1.165) is 6.07 Å². The first kappa shape index (κ1) is 12.2. The van der Waals surface area contributed by atoms with Gasteiger partial charge in [-0.05, 0) is 18.2 Å². The molecule has 0 aliphatic carbocycles. The van der Waals surface area contributed by atoms with Gasteiger partial charge in [0, 0.05) is 6.07 Å². The predicted molar refractivity (Wildman–Crippen MR) is 71.5 cm³/mol. The molecule has 0 atom stereocenters. The maximum absolute atomic E-state index is 12.5. The quantitative estimate of drug-likeness (QED) is 0.587.